The minimum atomic E-state index is -2.44. The van der Waals surface area contributed by atoms with E-state index in [0.717, 1.165) is 0 Å². The lowest BCUT2D eigenvalue weighted by molar-refractivity contribution is -0.106. The average molecular weight is 199 g/mol. The van der Waals surface area contributed by atoms with Gasteiger partial charge in [0.05, 0.1) is 0 Å². The Labute approximate surface area is 80.6 Å². The van der Waals surface area contributed by atoms with E-state index in [1.165, 1.54) is 0 Å². The predicted molar refractivity (Wildman–Crippen MR) is 48.2 cm³/mol. The van der Waals surface area contributed by atoms with E-state index >= 15 is 0 Å². The SMILES string of the molecule is FC1(F)CC(CNc2ncccn2)C1. The van der Waals surface area contributed by atoms with Crippen molar-refractivity contribution >= 4 is 5.95 Å². The van der Waals surface area contributed by atoms with Crippen molar-refractivity contribution in [2.45, 2.75) is 18.8 Å². The zero-order valence-electron chi connectivity index (χ0n) is 7.58. The van der Waals surface area contributed by atoms with E-state index in [1.807, 2.05) is 0 Å². The molecule has 0 bridgehead atoms. The molecule has 1 aromatic rings. The van der Waals surface area contributed by atoms with Gasteiger partial charge in [-0.05, 0) is 12.0 Å². The van der Waals surface area contributed by atoms with Crippen LogP contribution >= 0.6 is 0 Å². The molecule has 0 atom stereocenters. The van der Waals surface area contributed by atoms with Crippen LogP contribution in [-0.4, -0.2) is 22.4 Å². The van der Waals surface area contributed by atoms with Crippen LogP contribution in [0.2, 0.25) is 0 Å². The van der Waals surface area contributed by atoms with Crippen molar-refractivity contribution in [2.75, 3.05) is 11.9 Å². The predicted octanol–water partition coefficient (Wildman–Crippen LogP) is 1.93. The number of nitrogens with one attached hydrogen (secondary N) is 1. The Morgan fingerprint density at radius 2 is 2.00 bits per heavy atom. The minimum absolute atomic E-state index is 0.0210. The highest BCUT2D eigenvalue weighted by Gasteiger charge is 2.44. The zero-order chi connectivity index (χ0) is 10.0. The number of anilines is 1. The third kappa shape index (κ3) is 2.16. The third-order valence-corrected chi connectivity index (χ3v) is 2.29. The van der Waals surface area contributed by atoms with Crippen LogP contribution in [0.1, 0.15) is 12.8 Å². The van der Waals surface area contributed by atoms with Gasteiger partial charge >= 0.3 is 0 Å². The fraction of sp³-hybridized carbons (Fsp3) is 0.556. The Hall–Kier alpha value is -1.26. The van der Waals surface area contributed by atoms with E-state index in [0.29, 0.717) is 12.5 Å². The summed E-state index contributed by atoms with van der Waals surface area (Å²) in [5, 5.41) is 2.93. The minimum Gasteiger partial charge on any atom is -0.354 e. The number of rotatable bonds is 3. The molecular formula is C9H11F2N3. The fourth-order valence-corrected chi connectivity index (χ4v) is 1.56. The molecule has 1 aliphatic carbocycles. The van der Waals surface area contributed by atoms with E-state index in [-0.39, 0.29) is 18.8 Å². The number of halogens is 2. The highest BCUT2D eigenvalue weighted by Crippen LogP contribution is 2.42. The first-order chi connectivity index (χ1) is 6.66. The van der Waals surface area contributed by atoms with Crippen LogP contribution in [0.5, 0.6) is 0 Å². The number of nitrogens with zero attached hydrogens (tertiary/aromatic N) is 2. The Bertz CT molecular complexity index is 294. The van der Waals surface area contributed by atoms with Gasteiger partial charge in [0.15, 0.2) is 0 Å². The summed E-state index contributed by atoms with van der Waals surface area (Å²) in [5.74, 6) is -1.89. The second-order valence-electron chi connectivity index (χ2n) is 3.58. The molecular weight excluding hydrogens is 188 g/mol. The topological polar surface area (TPSA) is 37.8 Å². The molecule has 1 fully saturated rings. The Morgan fingerprint density at radius 3 is 2.57 bits per heavy atom. The van der Waals surface area contributed by atoms with Gasteiger partial charge in [-0.2, -0.15) is 0 Å². The molecule has 0 unspecified atom stereocenters. The highest BCUT2D eigenvalue weighted by molar-refractivity contribution is 5.22. The van der Waals surface area contributed by atoms with Gasteiger partial charge in [-0.15, -0.1) is 0 Å². The van der Waals surface area contributed by atoms with Crippen molar-refractivity contribution in [2.24, 2.45) is 5.92 Å². The third-order valence-electron chi connectivity index (χ3n) is 2.29. The quantitative estimate of drug-likeness (QED) is 0.808. The van der Waals surface area contributed by atoms with E-state index in [9.17, 15) is 8.78 Å². The summed E-state index contributed by atoms with van der Waals surface area (Å²) in [6.07, 6.45) is 3.19. The van der Waals surface area contributed by atoms with Gasteiger partial charge in [-0.1, -0.05) is 0 Å². The molecule has 0 aromatic carbocycles. The summed E-state index contributed by atoms with van der Waals surface area (Å²) >= 11 is 0. The summed E-state index contributed by atoms with van der Waals surface area (Å²) in [5.41, 5.74) is 0. The molecule has 1 aliphatic rings. The lowest BCUT2D eigenvalue weighted by atomic mass is 9.81. The lowest BCUT2D eigenvalue weighted by Crippen LogP contribution is -2.39. The summed E-state index contributed by atoms with van der Waals surface area (Å²) in [7, 11) is 0. The molecule has 2 rings (SSSR count). The second-order valence-corrected chi connectivity index (χ2v) is 3.58. The average Bonchev–Trinajstić information content (AvgIpc) is 2.13. The van der Waals surface area contributed by atoms with Gasteiger partial charge < -0.3 is 5.32 Å². The molecule has 3 nitrogen and oxygen atoms in total. The lowest BCUT2D eigenvalue weighted by Gasteiger charge is -2.34. The molecule has 0 radical (unpaired) electrons. The van der Waals surface area contributed by atoms with E-state index in [2.05, 4.69) is 15.3 Å². The van der Waals surface area contributed by atoms with E-state index < -0.39 is 5.92 Å². The Morgan fingerprint density at radius 1 is 1.36 bits per heavy atom. The van der Waals surface area contributed by atoms with Crippen molar-refractivity contribution < 1.29 is 8.78 Å². The van der Waals surface area contributed by atoms with Gasteiger partial charge in [0.2, 0.25) is 11.9 Å². The molecule has 1 aromatic heterocycles. The Kier molecular flexibility index (Phi) is 2.31. The van der Waals surface area contributed by atoms with Crippen LogP contribution in [0.15, 0.2) is 18.5 Å². The highest BCUT2D eigenvalue weighted by atomic mass is 19.3. The van der Waals surface area contributed by atoms with Gasteiger partial charge in [0, 0.05) is 31.8 Å². The van der Waals surface area contributed by atoms with Crippen LogP contribution in [0, 0.1) is 5.92 Å². The smallest absolute Gasteiger partial charge is 0.248 e. The molecule has 0 amide bonds. The second kappa shape index (κ2) is 3.48. The molecule has 1 heterocycles. The normalized spacial score (nSPS) is 20.1. The van der Waals surface area contributed by atoms with E-state index in [4.69, 9.17) is 0 Å². The molecule has 0 spiro atoms. The summed E-state index contributed by atoms with van der Waals surface area (Å²) in [6, 6.07) is 1.71. The van der Waals surface area contributed by atoms with Crippen LogP contribution < -0.4 is 5.32 Å². The summed E-state index contributed by atoms with van der Waals surface area (Å²) < 4.78 is 24.9. The largest absolute Gasteiger partial charge is 0.354 e. The molecule has 5 heteroatoms. The summed E-state index contributed by atoms with van der Waals surface area (Å²) in [6.45, 7) is 0.527. The van der Waals surface area contributed by atoms with Crippen LogP contribution in [-0.2, 0) is 0 Å². The Balaban J connectivity index is 1.75. The van der Waals surface area contributed by atoms with Gasteiger partial charge in [0.25, 0.3) is 0 Å². The van der Waals surface area contributed by atoms with Crippen LogP contribution in [0.25, 0.3) is 0 Å². The first-order valence-electron chi connectivity index (χ1n) is 4.54. The monoisotopic (exact) mass is 199 g/mol. The molecule has 0 aliphatic heterocycles. The zero-order valence-corrected chi connectivity index (χ0v) is 7.58. The van der Waals surface area contributed by atoms with Crippen molar-refractivity contribution in [3.05, 3.63) is 18.5 Å². The first kappa shape index (κ1) is 9.30. The summed E-state index contributed by atoms with van der Waals surface area (Å²) in [4.78, 5) is 7.87. The van der Waals surface area contributed by atoms with Gasteiger partial charge in [-0.25, -0.2) is 18.7 Å². The number of aromatic nitrogens is 2. The molecule has 1 N–H and O–H groups in total. The van der Waals surface area contributed by atoms with Crippen LogP contribution in [0.4, 0.5) is 14.7 Å². The van der Waals surface area contributed by atoms with Gasteiger partial charge in [-0.3, -0.25) is 0 Å². The first-order valence-corrected chi connectivity index (χ1v) is 4.54. The number of hydrogen-bond acceptors (Lipinski definition) is 3. The number of hydrogen-bond donors (Lipinski definition) is 1. The van der Waals surface area contributed by atoms with Crippen molar-refractivity contribution in [1.82, 2.24) is 9.97 Å². The maximum absolute atomic E-state index is 12.5. The molecule has 0 saturated heterocycles. The fourth-order valence-electron chi connectivity index (χ4n) is 1.56. The van der Waals surface area contributed by atoms with E-state index in [1.54, 1.807) is 18.5 Å². The molecule has 1 saturated carbocycles. The standard InChI is InChI=1S/C9H11F2N3/c10-9(11)4-7(5-9)6-14-8-12-2-1-3-13-8/h1-3,7H,4-6H2,(H,12,13,14). The molecule has 14 heavy (non-hydrogen) atoms. The van der Waals surface area contributed by atoms with Crippen LogP contribution in [0.3, 0.4) is 0 Å². The maximum Gasteiger partial charge on any atom is 0.248 e. The van der Waals surface area contributed by atoms with Gasteiger partial charge in [0.1, 0.15) is 0 Å². The molecule has 76 valence electrons. The maximum atomic E-state index is 12.5. The van der Waals surface area contributed by atoms with Crippen molar-refractivity contribution in [3.63, 3.8) is 0 Å². The van der Waals surface area contributed by atoms with Crippen molar-refractivity contribution in [1.29, 1.82) is 0 Å². The number of alkyl halides is 2. The van der Waals surface area contributed by atoms with Crippen molar-refractivity contribution in [3.8, 4) is 0 Å².